The number of rotatable bonds is 6. The Morgan fingerprint density at radius 3 is 1.19 bits per heavy atom. The van der Waals surface area contributed by atoms with Gasteiger partial charge in [0.25, 0.3) is 11.4 Å². The van der Waals surface area contributed by atoms with Crippen LogP contribution in [0.5, 0.6) is 23.0 Å². The first-order chi connectivity index (χ1) is 22.1. The molecular formula is C32H18CrLiN6O8. The maximum absolute atomic E-state index is 12.0. The predicted octanol–water partition coefficient (Wildman–Crippen LogP) is 3.62. The van der Waals surface area contributed by atoms with Crippen LogP contribution in [0.1, 0.15) is 0 Å². The third-order valence-electron chi connectivity index (χ3n) is 6.55. The molecular weight excluding hydrogens is 655 g/mol. The van der Waals surface area contributed by atoms with Crippen LogP contribution in [0.3, 0.4) is 0 Å². The zero-order valence-corrected chi connectivity index (χ0v) is 26.0. The predicted molar refractivity (Wildman–Crippen MR) is 160 cm³/mol. The molecule has 0 aliphatic rings. The van der Waals surface area contributed by atoms with Crippen molar-refractivity contribution in [2.75, 3.05) is 0 Å². The molecule has 0 aliphatic heterocycles. The summed E-state index contributed by atoms with van der Waals surface area (Å²) in [4.78, 5) is 20.2. The largest absolute Gasteiger partial charge is 3.00 e. The van der Waals surface area contributed by atoms with Gasteiger partial charge in [0.1, 0.15) is 0 Å². The molecule has 0 amide bonds. The summed E-state index contributed by atoms with van der Waals surface area (Å²) in [5, 5.41) is 86.9. The molecule has 0 saturated carbocycles. The second kappa shape index (κ2) is 16.1. The summed E-state index contributed by atoms with van der Waals surface area (Å²) in [6.45, 7) is 0. The minimum Gasteiger partial charge on any atom is -0.871 e. The molecule has 0 aromatic heterocycles. The maximum atomic E-state index is 12.0. The van der Waals surface area contributed by atoms with E-state index >= 15 is 0 Å². The third kappa shape index (κ3) is 8.30. The number of hydrogen-bond acceptors (Lipinski definition) is 12. The summed E-state index contributed by atoms with van der Waals surface area (Å²) in [6.07, 6.45) is 0. The second-order valence-corrected chi connectivity index (χ2v) is 9.49. The molecule has 0 saturated heterocycles. The zero-order valence-electron chi connectivity index (χ0n) is 24.7. The van der Waals surface area contributed by atoms with Crippen molar-refractivity contribution in [1.82, 2.24) is 0 Å². The van der Waals surface area contributed by atoms with Crippen LogP contribution in [0.25, 0.3) is 21.5 Å². The number of nitro benzene ring substituents is 2. The van der Waals surface area contributed by atoms with Crippen molar-refractivity contribution in [1.29, 1.82) is 0 Å². The summed E-state index contributed by atoms with van der Waals surface area (Å²) in [5.41, 5.74) is -0.723. The number of fused-ring (bicyclic) bond motifs is 2. The Bertz CT molecular complexity index is 2040. The van der Waals surface area contributed by atoms with E-state index in [0.717, 1.165) is 47.2 Å². The van der Waals surface area contributed by atoms with E-state index in [1.165, 1.54) is 12.1 Å². The van der Waals surface area contributed by atoms with Gasteiger partial charge >= 0.3 is 36.2 Å². The van der Waals surface area contributed by atoms with Gasteiger partial charge in [-0.3, -0.25) is 20.2 Å². The monoisotopic (exact) mass is 673 g/mol. The number of hydrogen-bond donors (Lipinski definition) is 0. The summed E-state index contributed by atoms with van der Waals surface area (Å²) >= 11 is 0. The number of benzene rings is 6. The van der Waals surface area contributed by atoms with Gasteiger partial charge in [0.05, 0.1) is 32.6 Å². The Hall–Kier alpha value is -5.83. The second-order valence-electron chi connectivity index (χ2n) is 9.49. The van der Waals surface area contributed by atoms with E-state index in [2.05, 4.69) is 20.5 Å². The summed E-state index contributed by atoms with van der Waals surface area (Å²) < 4.78 is 0. The van der Waals surface area contributed by atoms with E-state index in [9.17, 15) is 40.7 Å². The van der Waals surface area contributed by atoms with Crippen molar-refractivity contribution in [2.24, 2.45) is 20.5 Å². The minimum absolute atomic E-state index is 0. The van der Waals surface area contributed by atoms with Gasteiger partial charge in [0.2, 0.25) is 0 Å². The Labute approximate surface area is 294 Å². The Morgan fingerprint density at radius 1 is 0.458 bits per heavy atom. The fraction of sp³-hybridized carbons (Fsp3) is 0. The molecule has 1 radical (unpaired) electrons. The minimum atomic E-state index is -0.630. The van der Waals surface area contributed by atoms with Gasteiger partial charge in [-0.1, -0.05) is 108 Å². The maximum Gasteiger partial charge on any atom is 3.00 e. The van der Waals surface area contributed by atoms with E-state index < -0.39 is 21.3 Å². The fourth-order valence-corrected chi connectivity index (χ4v) is 4.28. The molecule has 0 fully saturated rings. The SMILES string of the molecule is O=[N+]([O-])c1ccc([O-])c(N=Nc2c([O-])ccc3ccccc23)c1.O=[N+]([O-])c1ccc([O-])c(N=Nc2c([O-])ccc3ccccc23)c1.[Cr+3].[Li+]. The number of azo groups is 2. The van der Waals surface area contributed by atoms with Crippen molar-refractivity contribution in [3.63, 3.8) is 0 Å². The number of non-ortho nitro benzene ring substituents is 2. The molecule has 0 bridgehead atoms. The van der Waals surface area contributed by atoms with Crippen LogP contribution in [0.4, 0.5) is 34.1 Å². The van der Waals surface area contributed by atoms with Crippen molar-refractivity contribution < 1.29 is 66.5 Å². The molecule has 6 aromatic rings. The molecule has 14 nitrogen and oxygen atoms in total. The molecule has 16 heteroatoms. The number of nitro groups is 2. The van der Waals surface area contributed by atoms with Crippen LogP contribution in [0.15, 0.2) is 130 Å². The van der Waals surface area contributed by atoms with Crippen LogP contribution in [0, 0.1) is 20.2 Å². The Balaban J connectivity index is 0.000000250. The normalized spacial score (nSPS) is 10.7. The first-order valence-corrected chi connectivity index (χ1v) is 13.2. The average Bonchev–Trinajstić information content (AvgIpc) is 3.05. The van der Waals surface area contributed by atoms with Gasteiger partial charge in [0, 0.05) is 35.0 Å². The van der Waals surface area contributed by atoms with E-state index in [0.29, 0.717) is 10.8 Å². The molecule has 0 heterocycles. The van der Waals surface area contributed by atoms with Crippen LogP contribution >= 0.6 is 0 Å². The molecule has 6 rings (SSSR count). The van der Waals surface area contributed by atoms with Crippen molar-refractivity contribution >= 4 is 55.7 Å². The fourth-order valence-electron chi connectivity index (χ4n) is 4.28. The van der Waals surface area contributed by atoms with E-state index in [4.69, 9.17) is 0 Å². The van der Waals surface area contributed by atoms with Crippen molar-refractivity contribution in [3.8, 4) is 23.0 Å². The molecule has 6 aromatic carbocycles. The standard InChI is InChI=1S/2C16H11N3O4.Cr.Li/c2*20-14-8-6-11(19(22)23)9-13(14)17-18-16-12-4-2-1-3-10(12)5-7-15(16)21;;/h2*1-9,20-21H;;/q;;+3;+1/p-4. The van der Waals surface area contributed by atoms with Gasteiger partial charge in [-0.15, -0.1) is 0 Å². The first kappa shape index (κ1) is 36.6. The summed E-state index contributed by atoms with van der Waals surface area (Å²) in [7, 11) is 0. The molecule has 0 unspecified atom stereocenters. The molecule has 0 spiro atoms. The van der Waals surface area contributed by atoms with Crippen LogP contribution in [-0.4, -0.2) is 9.85 Å². The van der Waals surface area contributed by atoms with Gasteiger partial charge in [0.15, 0.2) is 0 Å². The average molecular weight is 673 g/mol. The van der Waals surface area contributed by atoms with Gasteiger partial charge in [-0.2, -0.15) is 20.5 Å². The van der Waals surface area contributed by atoms with Gasteiger partial charge in [-0.05, 0) is 10.8 Å². The smallest absolute Gasteiger partial charge is 0.871 e. The summed E-state index contributed by atoms with van der Waals surface area (Å²) in [5.74, 6) is -1.70. The van der Waals surface area contributed by atoms with Crippen molar-refractivity contribution in [2.45, 2.75) is 0 Å². The van der Waals surface area contributed by atoms with Crippen LogP contribution in [0.2, 0.25) is 0 Å². The Morgan fingerprint density at radius 2 is 0.812 bits per heavy atom. The molecule has 0 aliphatic carbocycles. The third-order valence-corrected chi connectivity index (χ3v) is 6.55. The molecule has 231 valence electrons. The van der Waals surface area contributed by atoms with Crippen molar-refractivity contribution in [3.05, 3.63) is 129 Å². The topological polar surface area (TPSA) is 228 Å². The van der Waals surface area contributed by atoms with Crippen LogP contribution in [-0.2, 0) is 17.4 Å². The summed E-state index contributed by atoms with van der Waals surface area (Å²) in [6, 6.07) is 26.7. The van der Waals surface area contributed by atoms with E-state index in [-0.39, 0.29) is 81.8 Å². The molecule has 0 atom stereocenters. The zero-order chi connectivity index (χ0) is 32.8. The van der Waals surface area contributed by atoms with Crippen LogP contribution < -0.4 is 39.3 Å². The quantitative estimate of drug-likeness (QED) is 0.109. The first-order valence-electron chi connectivity index (χ1n) is 13.2. The molecule has 48 heavy (non-hydrogen) atoms. The molecule has 0 N–H and O–H groups in total. The van der Waals surface area contributed by atoms with E-state index in [1.807, 2.05) is 24.3 Å². The Kier molecular flexibility index (Phi) is 12.3. The van der Waals surface area contributed by atoms with Gasteiger partial charge < -0.3 is 20.4 Å². The van der Waals surface area contributed by atoms with Gasteiger partial charge in [-0.25, -0.2) is 0 Å². The van der Waals surface area contributed by atoms with E-state index in [1.54, 1.807) is 36.4 Å². The number of nitrogens with zero attached hydrogens (tertiary/aromatic N) is 6.